The molecule has 1 aromatic carbocycles. The van der Waals surface area contributed by atoms with E-state index in [1.165, 1.54) is 0 Å². The Morgan fingerprint density at radius 3 is 2.52 bits per heavy atom. The van der Waals surface area contributed by atoms with Crippen molar-refractivity contribution in [1.82, 2.24) is 9.97 Å². The maximum atomic E-state index is 6.04. The van der Waals surface area contributed by atoms with Crippen molar-refractivity contribution in [2.24, 2.45) is 0 Å². The molecule has 0 radical (unpaired) electrons. The fourth-order valence-corrected chi connectivity index (χ4v) is 2.23. The van der Waals surface area contributed by atoms with E-state index in [9.17, 15) is 0 Å². The van der Waals surface area contributed by atoms with E-state index in [1.807, 2.05) is 25.1 Å². The Kier molecular flexibility index (Phi) is 4.44. The molecule has 112 valence electrons. The molecule has 1 aromatic heterocycles. The van der Waals surface area contributed by atoms with E-state index in [4.69, 9.17) is 17.3 Å². The smallest absolute Gasteiger partial charge is 0.139 e. The number of rotatable bonds is 2. The summed E-state index contributed by atoms with van der Waals surface area (Å²) in [6, 6.07) is 5.54. The third-order valence-corrected chi connectivity index (χ3v) is 3.96. The summed E-state index contributed by atoms with van der Waals surface area (Å²) < 4.78 is 0.904. The number of nitrogens with two attached hydrogens (primary N) is 1. The van der Waals surface area contributed by atoms with Crippen molar-refractivity contribution >= 4 is 44.9 Å². The van der Waals surface area contributed by atoms with E-state index in [-0.39, 0.29) is 5.41 Å². The molecule has 6 heteroatoms. The van der Waals surface area contributed by atoms with Gasteiger partial charge in [-0.25, -0.2) is 9.97 Å². The molecule has 0 spiro atoms. The zero-order chi connectivity index (χ0) is 15.8. The number of halogens is 2. The van der Waals surface area contributed by atoms with Crippen LogP contribution in [-0.4, -0.2) is 9.97 Å². The van der Waals surface area contributed by atoms with E-state index in [0.717, 1.165) is 15.7 Å². The van der Waals surface area contributed by atoms with Gasteiger partial charge in [-0.05, 0) is 41.1 Å². The first-order valence-corrected chi connectivity index (χ1v) is 7.72. The van der Waals surface area contributed by atoms with Crippen molar-refractivity contribution in [2.75, 3.05) is 11.1 Å². The van der Waals surface area contributed by atoms with Crippen LogP contribution in [-0.2, 0) is 5.41 Å². The summed E-state index contributed by atoms with van der Waals surface area (Å²) >= 11 is 9.53. The lowest BCUT2D eigenvalue weighted by Gasteiger charge is -2.20. The summed E-state index contributed by atoms with van der Waals surface area (Å²) in [4.78, 5) is 8.98. The summed E-state index contributed by atoms with van der Waals surface area (Å²) in [7, 11) is 0. The second-order valence-corrected chi connectivity index (χ2v) is 7.20. The lowest BCUT2D eigenvalue weighted by atomic mass is 9.95. The average Bonchev–Trinajstić information content (AvgIpc) is 2.37. The van der Waals surface area contributed by atoms with Gasteiger partial charge in [-0.1, -0.05) is 32.4 Å². The minimum absolute atomic E-state index is 0.177. The molecule has 0 atom stereocenters. The number of benzene rings is 1. The third kappa shape index (κ3) is 3.66. The van der Waals surface area contributed by atoms with Gasteiger partial charge in [0.15, 0.2) is 0 Å². The van der Waals surface area contributed by atoms with E-state index in [2.05, 4.69) is 52.0 Å². The topological polar surface area (TPSA) is 63.8 Å². The van der Waals surface area contributed by atoms with Gasteiger partial charge in [-0.15, -0.1) is 0 Å². The highest BCUT2D eigenvalue weighted by Crippen LogP contribution is 2.31. The van der Waals surface area contributed by atoms with Crippen molar-refractivity contribution < 1.29 is 0 Å². The minimum atomic E-state index is -0.177. The quantitative estimate of drug-likeness (QED) is 0.796. The van der Waals surface area contributed by atoms with Crippen LogP contribution in [0.4, 0.5) is 17.3 Å². The molecule has 0 unspecified atom stereocenters. The zero-order valence-corrected chi connectivity index (χ0v) is 14.8. The number of anilines is 3. The summed E-state index contributed by atoms with van der Waals surface area (Å²) in [6.07, 6.45) is 0. The molecule has 2 aromatic rings. The van der Waals surface area contributed by atoms with Crippen molar-refractivity contribution in [2.45, 2.75) is 33.1 Å². The van der Waals surface area contributed by atoms with Gasteiger partial charge in [0, 0.05) is 20.5 Å². The number of hydrogen-bond donors (Lipinski definition) is 2. The normalized spacial score (nSPS) is 11.5. The van der Waals surface area contributed by atoms with Crippen LogP contribution < -0.4 is 11.1 Å². The Morgan fingerprint density at radius 1 is 1.24 bits per heavy atom. The Bertz CT molecular complexity index is 680. The number of hydrogen-bond acceptors (Lipinski definition) is 4. The fourth-order valence-electron chi connectivity index (χ4n) is 1.71. The lowest BCUT2D eigenvalue weighted by Crippen LogP contribution is -2.18. The second-order valence-electron chi connectivity index (χ2n) is 5.91. The predicted octanol–water partition coefficient (Wildman–Crippen LogP) is 4.82. The van der Waals surface area contributed by atoms with Crippen LogP contribution in [0.1, 0.15) is 32.2 Å². The van der Waals surface area contributed by atoms with Gasteiger partial charge in [-0.2, -0.15) is 0 Å². The summed E-state index contributed by atoms with van der Waals surface area (Å²) in [5, 5.41) is 3.92. The van der Waals surface area contributed by atoms with Gasteiger partial charge in [0.2, 0.25) is 0 Å². The van der Waals surface area contributed by atoms with Gasteiger partial charge in [-0.3, -0.25) is 0 Å². The molecule has 0 bridgehead atoms. The Hall–Kier alpha value is -1.33. The first-order chi connectivity index (χ1) is 9.68. The lowest BCUT2D eigenvalue weighted by molar-refractivity contribution is 0.546. The molecule has 0 saturated heterocycles. The van der Waals surface area contributed by atoms with E-state index in [0.29, 0.717) is 22.5 Å². The minimum Gasteiger partial charge on any atom is -0.383 e. The highest BCUT2D eigenvalue weighted by molar-refractivity contribution is 9.10. The fraction of sp³-hybridized carbons (Fsp3) is 0.333. The highest BCUT2D eigenvalue weighted by atomic mass is 79.9. The molecular weight excluding hydrogens is 352 g/mol. The Labute approximate surface area is 138 Å². The molecule has 21 heavy (non-hydrogen) atoms. The van der Waals surface area contributed by atoms with E-state index >= 15 is 0 Å². The monoisotopic (exact) mass is 368 g/mol. The van der Waals surface area contributed by atoms with Gasteiger partial charge >= 0.3 is 0 Å². The average molecular weight is 370 g/mol. The molecule has 2 rings (SSSR count). The van der Waals surface area contributed by atoms with E-state index in [1.54, 1.807) is 0 Å². The first kappa shape index (κ1) is 16.0. The molecule has 0 aliphatic rings. The standard InChI is InChI=1S/C15H18BrClN4/c1-8-12(18)20-14(15(2,3)4)21-13(8)19-11-7-9(17)5-6-10(11)16/h5-7H,1-4H3,(H3,18,19,20,21). The number of nitrogen functional groups attached to an aromatic ring is 1. The molecule has 0 amide bonds. The Morgan fingerprint density at radius 2 is 1.90 bits per heavy atom. The molecule has 0 saturated carbocycles. The van der Waals surface area contributed by atoms with Crippen molar-refractivity contribution in [3.05, 3.63) is 39.1 Å². The van der Waals surface area contributed by atoms with Crippen LogP contribution in [0.5, 0.6) is 0 Å². The number of nitrogens with zero attached hydrogens (tertiary/aromatic N) is 2. The van der Waals surface area contributed by atoms with Gasteiger partial charge in [0.05, 0.1) is 5.69 Å². The number of nitrogens with one attached hydrogen (secondary N) is 1. The molecule has 3 N–H and O–H groups in total. The SMILES string of the molecule is Cc1c(N)nc(C(C)(C)C)nc1Nc1cc(Cl)ccc1Br. The van der Waals surface area contributed by atoms with Crippen LogP contribution >= 0.6 is 27.5 Å². The van der Waals surface area contributed by atoms with Crippen LogP contribution in [0.15, 0.2) is 22.7 Å². The van der Waals surface area contributed by atoms with Gasteiger partial charge < -0.3 is 11.1 Å². The third-order valence-electron chi connectivity index (χ3n) is 3.04. The van der Waals surface area contributed by atoms with Crippen LogP contribution in [0.2, 0.25) is 5.02 Å². The maximum absolute atomic E-state index is 6.04. The van der Waals surface area contributed by atoms with Gasteiger partial charge in [0.25, 0.3) is 0 Å². The predicted molar refractivity (Wildman–Crippen MR) is 92.3 cm³/mol. The second kappa shape index (κ2) is 5.81. The Balaban J connectivity index is 2.49. The molecule has 4 nitrogen and oxygen atoms in total. The molecule has 0 aliphatic carbocycles. The first-order valence-electron chi connectivity index (χ1n) is 6.55. The van der Waals surface area contributed by atoms with Crippen LogP contribution in [0.3, 0.4) is 0 Å². The number of aromatic nitrogens is 2. The van der Waals surface area contributed by atoms with Crippen molar-refractivity contribution in [3.8, 4) is 0 Å². The highest BCUT2D eigenvalue weighted by Gasteiger charge is 2.20. The summed E-state index contributed by atoms with van der Waals surface area (Å²) in [6.45, 7) is 8.05. The van der Waals surface area contributed by atoms with Crippen LogP contribution in [0, 0.1) is 6.92 Å². The van der Waals surface area contributed by atoms with Crippen LogP contribution in [0.25, 0.3) is 0 Å². The van der Waals surface area contributed by atoms with Crippen molar-refractivity contribution in [3.63, 3.8) is 0 Å². The van der Waals surface area contributed by atoms with E-state index < -0.39 is 0 Å². The zero-order valence-electron chi connectivity index (χ0n) is 12.5. The molecule has 0 aliphatic heterocycles. The maximum Gasteiger partial charge on any atom is 0.139 e. The summed E-state index contributed by atoms with van der Waals surface area (Å²) in [5.41, 5.74) is 7.49. The largest absolute Gasteiger partial charge is 0.383 e. The molecule has 1 heterocycles. The summed E-state index contributed by atoms with van der Waals surface area (Å²) in [5.74, 6) is 1.87. The molecular formula is C15H18BrClN4. The van der Waals surface area contributed by atoms with Gasteiger partial charge in [0.1, 0.15) is 17.5 Å². The van der Waals surface area contributed by atoms with Crippen molar-refractivity contribution in [1.29, 1.82) is 0 Å². The molecule has 0 fully saturated rings.